The summed E-state index contributed by atoms with van der Waals surface area (Å²) in [6.45, 7) is 2.27. The molecule has 0 spiro atoms. The van der Waals surface area contributed by atoms with Crippen molar-refractivity contribution in [3.63, 3.8) is 0 Å². The number of unbranched alkanes of at least 4 members (excludes halogenated alkanes) is 2. The standard InChI is InChI=1S/C16H24O6/c1-4-14(22-16(18)20-3)12-10-8-6-5-7-9-11-13-21-15(17)19-2/h5-6,14H,4,7,9,11-13H2,1-3H3/b6-5+. The number of carbonyl (C=O) groups is 2. The van der Waals surface area contributed by atoms with Gasteiger partial charge in [0, 0.05) is 6.42 Å². The zero-order valence-corrected chi connectivity index (χ0v) is 13.4. The minimum Gasteiger partial charge on any atom is -0.438 e. The van der Waals surface area contributed by atoms with Gasteiger partial charge < -0.3 is 18.9 Å². The quantitative estimate of drug-likeness (QED) is 0.388. The van der Waals surface area contributed by atoms with Gasteiger partial charge in [0.15, 0.2) is 0 Å². The lowest BCUT2D eigenvalue weighted by Gasteiger charge is -2.11. The Morgan fingerprint density at radius 2 is 1.86 bits per heavy atom. The van der Waals surface area contributed by atoms with E-state index >= 15 is 0 Å². The summed E-state index contributed by atoms with van der Waals surface area (Å²) >= 11 is 0. The molecule has 0 aromatic heterocycles. The number of rotatable bonds is 8. The van der Waals surface area contributed by atoms with Gasteiger partial charge in [0.1, 0.15) is 6.10 Å². The van der Waals surface area contributed by atoms with Crippen LogP contribution in [0.25, 0.3) is 0 Å². The van der Waals surface area contributed by atoms with Crippen LogP contribution in [0, 0.1) is 11.8 Å². The zero-order valence-electron chi connectivity index (χ0n) is 13.4. The maximum Gasteiger partial charge on any atom is 0.508 e. The lowest BCUT2D eigenvalue weighted by molar-refractivity contribution is 0.0374. The number of hydrogen-bond donors (Lipinski definition) is 0. The molecular formula is C16H24O6. The Balaban J connectivity index is 3.72. The van der Waals surface area contributed by atoms with Crippen molar-refractivity contribution in [1.82, 2.24) is 0 Å². The Hall–Kier alpha value is -2.16. The lowest BCUT2D eigenvalue weighted by atomic mass is 10.2. The van der Waals surface area contributed by atoms with Gasteiger partial charge in [0.2, 0.25) is 0 Å². The molecule has 0 aliphatic heterocycles. The summed E-state index contributed by atoms with van der Waals surface area (Å²) in [4.78, 5) is 21.6. The van der Waals surface area contributed by atoms with Crippen molar-refractivity contribution in [3.8, 4) is 11.8 Å². The van der Waals surface area contributed by atoms with E-state index in [9.17, 15) is 9.59 Å². The van der Waals surface area contributed by atoms with E-state index in [1.807, 2.05) is 13.0 Å². The van der Waals surface area contributed by atoms with Gasteiger partial charge in [-0.1, -0.05) is 24.8 Å². The molecule has 1 unspecified atom stereocenters. The number of allylic oxidation sites excluding steroid dienone is 2. The maximum atomic E-state index is 11.0. The first-order valence-corrected chi connectivity index (χ1v) is 7.22. The Labute approximate surface area is 131 Å². The second kappa shape index (κ2) is 13.8. The van der Waals surface area contributed by atoms with Crippen LogP contribution < -0.4 is 0 Å². The average Bonchev–Trinajstić information content (AvgIpc) is 2.54. The van der Waals surface area contributed by atoms with E-state index in [1.165, 1.54) is 14.2 Å². The highest BCUT2D eigenvalue weighted by Gasteiger charge is 2.10. The van der Waals surface area contributed by atoms with Gasteiger partial charge in [0.25, 0.3) is 0 Å². The molecule has 0 radical (unpaired) electrons. The number of methoxy groups -OCH3 is 2. The van der Waals surface area contributed by atoms with Gasteiger partial charge in [-0.25, -0.2) is 9.59 Å². The number of hydrogen-bond acceptors (Lipinski definition) is 6. The summed E-state index contributed by atoms with van der Waals surface area (Å²) in [5, 5.41) is 0. The monoisotopic (exact) mass is 312 g/mol. The van der Waals surface area contributed by atoms with E-state index in [1.54, 1.807) is 6.08 Å². The first-order chi connectivity index (χ1) is 10.6. The predicted molar refractivity (Wildman–Crippen MR) is 81.3 cm³/mol. The second-order valence-corrected chi connectivity index (χ2v) is 4.33. The normalized spacial score (nSPS) is 11.2. The Morgan fingerprint density at radius 3 is 2.50 bits per heavy atom. The topological polar surface area (TPSA) is 71.1 Å². The van der Waals surface area contributed by atoms with Crippen molar-refractivity contribution in [2.24, 2.45) is 0 Å². The van der Waals surface area contributed by atoms with E-state index in [-0.39, 0.29) is 6.10 Å². The Kier molecular flexibility index (Phi) is 12.5. The van der Waals surface area contributed by atoms with Crippen molar-refractivity contribution >= 4 is 12.3 Å². The van der Waals surface area contributed by atoms with Crippen molar-refractivity contribution in [3.05, 3.63) is 12.2 Å². The summed E-state index contributed by atoms with van der Waals surface area (Å²) in [5.41, 5.74) is 0. The first-order valence-electron chi connectivity index (χ1n) is 7.22. The SMILES string of the molecule is CCC(CC#C/C=C/CCCCOC(=O)OC)OC(=O)OC. The third kappa shape index (κ3) is 11.6. The second-order valence-electron chi connectivity index (χ2n) is 4.33. The van der Waals surface area contributed by atoms with Crippen LogP contribution in [0.2, 0.25) is 0 Å². The largest absolute Gasteiger partial charge is 0.508 e. The van der Waals surface area contributed by atoms with Crippen LogP contribution in [0.3, 0.4) is 0 Å². The van der Waals surface area contributed by atoms with Gasteiger partial charge >= 0.3 is 12.3 Å². The highest BCUT2D eigenvalue weighted by atomic mass is 16.7. The smallest absolute Gasteiger partial charge is 0.438 e. The fourth-order valence-electron chi connectivity index (χ4n) is 1.41. The van der Waals surface area contributed by atoms with Crippen molar-refractivity contribution in [1.29, 1.82) is 0 Å². The molecule has 0 fully saturated rings. The fraction of sp³-hybridized carbons (Fsp3) is 0.625. The predicted octanol–water partition coefficient (Wildman–Crippen LogP) is 3.45. The first kappa shape index (κ1) is 19.8. The van der Waals surface area contributed by atoms with E-state index in [0.29, 0.717) is 19.4 Å². The van der Waals surface area contributed by atoms with Crippen LogP contribution >= 0.6 is 0 Å². The third-order valence-electron chi connectivity index (χ3n) is 2.67. The Morgan fingerprint density at radius 1 is 1.14 bits per heavy atom. The molecule has 6 heteroatoms. The van der Waals surface area contributed by atoms with Crippen LogP contribution in [0.4, 0.5) is 9.59 Å². The molecule has 1 atom stereocenters. The zero-order chi connectivity index (χ0) is 16.6. The van der Waals surface area contributed by atoms with Gasteiger partial charge in [-0.15, -0.1) is 0 Å². The minimum atomic E-state index is -0.682. The van der Waals surface area contributed by atoms with E-state index in [2.05, 4.69) is 21.3 Å². The van der Waals surface area contributed by atoms with E-state index in [4.69, 9.17) is 9.47 Å². The molecule has 124 valence electrons. The van der Waals surface area contributed by atoms with E-state index in [0.717, 1.165) is 19.3 Å². The lowest BCUT2D eigenvalue weighted by Crippen LogP contribution is -2.16. The molecule has 6 nitrogen and oxygen atoms in total. The number of carbonyl (C=O) groups excluding carboxylic acids is 2. The summed E-state index contributed by atoms with van der Waals surface area (Å²) in [6, 6.07) is 0. The molecule has 0 heterocycles. The molecule has 0 aliphatic rings. The van der Waals surface area contributed by atoms with Crippen molar-refractivity contribution < 1.29 is 28.5 Å². The van der Waals surface area contributed by atoms with Crippen LogP contribution in [0.15, 0.2) is 12.2 Å². The summed E-state index contributed by atoms with van der Waals surface area (Å²) in [7, 11) is 2.56. The molecule has 22 heavy (non-hydrogen) atoms. The fourth-order valence-corrected chi connectivity index (χ4v) is 1.41. The summed E-state index contributed by atoms with van der Waals surface area (Å²) in [6.07, 6.45) is 5.84. The van der Waals surface area contributed by atoms with Gasteiger partial charge in [-0.05, 0) is 31.8 Å². The summed E-state index contributed by atoms with van der Waals surface area (Å²) in [5.74, 6) is 5.83. The molecule has 0 saturated carbocycles. The molecule has 0 rings (SSSR count). The summed E-state index contributed by atoms with van der Waals surface area (Å²) < 4.78 is 18.5. The molecule has 0 bridgehead atoms. The highest BCUT2D eigenvalue weighted by Crippen LogP contribution is 2.04. The molecule has 0 saturated heterocycles. The average molecular weight is 312 g/mol. The minimum absolute atomic E-state index is 0.246. The van der Waals surface area contributed by atoms with Crippen LogP contribution in [-0.2, 0) is 18.9 Å². The molecule has 0 aromatic carbocycles. The van der Waals surface area contributed by atoms with Crippen molar-refractivity contribution in [2.45, 2.75) is 45.1 Å². The molecule has 0 aromatic rings. The van der Waals surface area contributed by atoms with Crippen LogP contribution in [0.1, 0.15) is 39.0 Å². The molecule has 0 amide bonds. The molecular weight excluding hydrogens is 288 g/mol. The van der Waals surface area contributed by atoms with Gasteiger partial charge in [-0.2, -0.15) is 0 Å². The molecule has 0 N–H and O–H groups in total. The van der Waals surface area contributed by atoms with Gasteiger partial charge in [0.05, 0.1) is 20.8 Å². The van der Waals surface area contributed by atoms with Crippen LogP contribution in [-0.4, -0.2) is 39.2 Å². The molecule has 0 aliphatic carbocycles. The number of ether oxygens (including phenoxy) is 4. The van der Waals surface area contributed by atoms with Crippen molar-refractivity contribution in [2.75, 3.05) is 20.8 Å². The van der Waals surface area contributed by atoms with Gasteiger partial charge in [-0.3, -0.25) is 0 Å². The maximum absolute atomic E-state index is 11.0. The van der Waals surface area contributed by atoms with Crippen LogP contribution in [0.5, 0.6) is 0 Å². The third-order valence-corrected chi connectivity index (χ3v) is 2.67. The highest BCUT2D eigenvalue weighted by molar-refractivity contribution is 5.60. The Bertz CT molecular complexity index is 405. The van der Waals surface area contributed by atoms with E-state index < -0.39 is 12.3 Å².